The second-order valence-corrected chi connectivity index (χ2v) is 5.30. The summed E-state index contributed by atoms with van der Waals surface area (Å²) in [6.45, 7) is 12.2. The summed E-state index contributed by atoms with van der Waals surface area (Å²) >= 11 is 0. The number of aromatic nitrogens is 4. The molecule has 0 saturated heterocycles. The molecule has 0 atom stereocenters. The fourth-order valence-electron chi connectivity index (χ4n) is 1.72. The van der Waals surface area contributed by atoms with Crippen LogP contribution >= 0.6 is 0 Å². The highest BCUT2D eigenvalue weighted by Crippen LogP contribution is 2.13. The van der Waals surface area contributed by atoms with Crippen LogP contribution < -0.4 is 0 Å². The van der Waals surface area contributed by atoms with Crippen molar-refractivity contribution in [3.8, 4) is 0 Å². The fourth-order valence-corrected chi connectivity index (χ4v) is 1.72. The zero-order valence-electron chi connectivity index (χ0n) is 12.9. The largest absolute Gasteiger partial charge is 0.425 e. The zero-order valence-corrected chi connectivity index (χ0v) is 12.9. The summed E-state index contributed by atoms with van der Waals surface area (Å²) in [5, 5.41) is 11.8. The van der Waals surface area contributed by atoms with Gasteiger partial charge in [-0.25, -0.2) is 0 Å². The molecule has 0 aliphatic carbocycles. The molecular weight excluding hydrogens is 240 g/mol. The van der Waals surface area contributed by atoms with Crippen LogP contribution in [0.3, 0.4) is 0 Å². The Morgan fingerprint density at radius 2 is 1.68 bits per heavy atom. The molecule has 0 radical (unpaired) electrons. The molecule has 5 nitrogen and oxygen atoms in total. The van der Waals surface area contributed by atoms with Crippen LogP contribution in [-0.2, 0) is 7.05 Å². The van der Waals surface area contributed by atoms with Crippen molar-refractivity contribution in [3.05, 3.63) is 29.2 Å². The first-order valence-electron chi connectivity index (χ1n) is 6.61. The summed E-state index contributed by atoms with van der Waals surface area (Å²) in [6.07, 6.45) is 0. The second-order valence-electron chi connectivity index (χ2n) is 5.30. The summed E-state index contributed by atoms with van der Waals surface area (Å²) in [5.41, 5.74) is 2.41. The number of nitrogens with zero attached hydrogens (tertiary/aromatic N) is 4. The molecule has 2 aromatic heterocycles. The van der Waals surface area contributed by atoms with Crippen molar-refractivity contribution < 1.29 is 4.42 Å². The Hall–Kier alpha value is -1.65. The maximum Gasteiger partial charge on any atom is 0.219 e. The predicted octanol–water partition coefficient (Wildman–Crippen LogP) is 3.35. The molecule has 0 bridgehead atoms. The summed E-state index contributed by atoms with van der Waals surface area (Å²) in [4.78, 5) is 0. The van der Waals surface area contributed by atoms with Gasteiger partial charge in [-0.15, -0.1) is 10.2 Å². The first-order valence-corrected chi connectivity index (χ1v) is 6.61. The molecule has 0 aliphatic rings. The lowest BCUT2D eigenvalue weighted by molar-refractivity contribution is 0.448. The van der Waals surface area contributed by atoms with Gasteiger partial charge in [0.25, 0.3) is 0 Å². The maximum atomic E-state index is 5.12. The van der Waals surface area contributed by atoms with E-state index in [9.17, 15) is 0 Å². The van der Waals surface area contributed by atoms with Crippen LogP contribution in [0.4, 0.5) is 0 Å². The Morgan fingerprint density at radius 3 is 1.89 bits per heavy atom. The van der Waals surface area contributed by atoms with Crippen LogP contribution in [0.1, 0.15) is 62.7 Å². The molecule has 0 N–H and O–H groups in total. The highest BCUT2D eigenvalue weighted by Gasteiger charge is 2.05. The van der Waals surface area contributed by atoms with Crippen LogP contribution in [0.25, 0.3) is 0 Å². The van der Waals surface area contributed by atoms with Gasteiger partial charge in [0, 0.05) is 25.6 Å². The van der Waals surface area contributed by atoms with E-state index in [1.165, 1.54) is 5.69 Å². The molecular formula is C14H24N4O. The van der Waals surface area contributed by atoms with Crippen LogP contribution in [0.15, 0.2) is 10.5 Å². The Kier molecular flexibility index (Phi) is 5.27. The van der Waals surface area contributed by atoms with E-state index in [1.807, 2.05) is 32.5 Å². The maximum absolute atomic E-state index is 5.12. The van der Waals surface area contributed by atoms with Crippen molar-refractivity contribution in [1.82, 2.24) is 20.0 Å². The van der Waals surface area contributed by atoms with Crippen LogP contribution in [0.5, 0.6) is 0 Å². The molecule has 5 heteroatoms. The predicted molar refractivity (Wildman–Crippen MR) is 75.2 cm³/mol. The molecule has 0 aromatic carbocycles. The van der Waals surface area contributed by atoms with E-state index in [0.29, 0.717) is 23.6 Å². The highest BCUT2D eigenvalue weighted by atomic mass is 16.4. The van der Waals surface area contributed by atoms with E-state index in [4.69, 9.17) is 4.42 Å². The molecule has 0 fully saturated rings. The van der Waals surface area contributed by atoms with Gasteiger partial charge in [-0.05, 0) is 18.9 Å². The molecule has 2 rings (SSSR count). The zero-order chi connectivity index (χ0) is 14.6. The molecule has 0 saturated carbocycles. The average Bonchev–Trinajstić information content (AvgIpc) is 2.85. The van der Waals surface area contributed by atoms with Gasteiger partial charge in [0.15, 0.2) is 0 Å². The van der Waals surface area contributed by atoms with Crippen LogP contribution in [0.2, 0.25) is 0 Å². The average molecular weight is 264 g/mol. The normalized spacial score (nSPS) is 10.8. The van der Waals surface area contributed by atoms with Gasteiger partial charge in [0.1, 0.15) is 0 Å². The summed E-state index contributed by atoms with van der Waals surface area (Å²) in [6, 6.07) is 2.13. The van der Waals surface area contributed by atoms with Crippen molar-refractivity contribution in [2.75, 3.05) is 0 Å². The van der Waals surface area contributed by atoms with E-state index in [0.717, 1.165) is 5.69 Å². The summed E-state index contributed by atoms with van der Waals surface area (Å²) in [5.74, 6) is 2.27. The molecule has 0 amide bonds. The summed E-state index contributed by atoms with van der Waals surface area (Å²) in [7, 11) is 1.99. The Bertz CT molecular complexity index is 511. The van der Waals surface area contributed by atoms with E-state index in [-0.39, 0.29) is 0 Å². The molecule has 19 heavy (non-hydrogen) atoms. The minimum atomic E-state index is 0.339. The Morgan fingerprint density at radius 1 is 1.05 bits per heavy atom. The minimum absolute atomic E-state index is 0.339. The first-order chi connectivity index (χ1) is 8.81. The molecule has 2 aromatic rings. The number of hydrogen-bond acceptors (Lipinski definition) is 4. The first kappa shape index (κ1) is 15.4. The smallest absolute Gasteiger partial charge is 0.219 e. The van der Waals surface area contributed by atoms with Gasteiger partial charge < -0.3 is 4.42 Å². The van der Waals surface area contributed by atoms with Crippen LogP contribution in [0, 0.1) is 13.8 Å². The van der Waals surface area contributed by atoms with Gasteiger partial charge in [-0.1, -0.05) is 27.7 Å². The third-order valence-electron chi connectivity index (χ3n) is 2.67. The quantitative estimate of drug-likeness (QED) is 0.834. The fraction of sp³-hybridized carbons (Fsp3) is 0.643. The topological polar surface area (TPSA) is 56.7 Å². The number of hydrogen-bond donors (Lipinski definition) is 0. The number of rotatable bonds is 2. The molecule has 0 aliphatic heterocycles. The lowest BCUT2D eigenvalue weighted by Crippen LogP contribution is -1.99. The van der Waals surface area contributed by atoms with Crippen molar-refractivity contribution in [1.29, 1.82) is 0 Å². The molecule has 2 heterocycles. The lowest BCUT2D eigenvalue weighted by atomic mass is 10.1. The molecule has 106 valence electrons. The SMILES string of the molecule is Cc1cc(C(C)C)n(C)n1.Cc1nnc(C(C)C)o1. The van der Waals surface area contributed by atoms with E-state index in [1.54, 1.807) is 6.92 Å². The monoisotopic (exact) mass is 264 g/mol. The number of aryl methyl sites for hydroxylation is 3. The molecule has 0 spiro atoms. The van der Waals surface area contributed by atoms with Crippen molar-refractivity contribution >= 4 is 0 Å². The summed E-state index contributed by atoms with van der Waals surface area (Å²) < 4.78 is 7.07. The van der Waals surface area contributed by atoms with Crippen molar-refractivity contribution in [3.63, 3.8) is 0 Å². The van der Waals surface area contributed by atoms with E-state index >= 15 is 0 Å². The highest BCUT2D eigenvalue weighted by molar-refractivity contribution is 5.11. The minimum Gasteiger partial charge on any atom is -0.425 e. The Labute approximate surface area is 115 Å². The van der Waals surface area contributed by atoms with Gasteiger partial charge in [0.05, 0.1) is 5.69 Å². The van der Waals surface area contributed by atoms with E-state index in [2.05, 4.69) is 35.2 Å². The third-order valence-corrected chi connectivity index (χ3v) is 2.67. The lowest BCUT2D eigenvalue weighted by Gasteiger charge is -2.02. The van der Waals surface area contributed by atoms with Crippen molar-refractivity contribution in [2.45, 2.75) is 53.4 Å². The second kappa shape index (κ2) is 6.50. The van der Waals surface area contributed by atoms with Gasteiger partial charge in [-0.3, -0.25) is 4.68 Å². The van der Waals surface area contributed by atoms with Crippen molar-refractivity contribution in [2.24, 2.45) is 7.05 Å². The van der Waals surface area contributed by atoms with Gasteiger partial charge in [-0.2, -0.15) is 5.10 Å². The third kappa shape index (κ3) is 4.50. The Balaban J connectivity index is 0.000000191. The van der Waals surface area contributed by atoms with Gasteiger partial charge in [0.2, 0.25) is 11.8 Å². The standard InChI is InChI=1S/C8H14N2.C6H10N2O/c1-6(2)8-5-7(3)9-10(8)4;1-4(2)6-8-7-5(3)9-6/h5-6H,1-4H3;4H,1-3H3. The van der Waals surface area contributed by atoms with Gasteiger partial charge >= 0.3 is 0 Å². The molecule has 0 unspecified atom stereocenters. The van der Waals surface area contributed by atoms with Crippen LogP contribution in [-0.4, -0.2) is 20.0 Å². The van der Waals surface area contributed by atoms with E-state index < -0.39 is 0 Å².